The number of ether oxygens (including phenoxy) is 1. The summed E-state index contributed by atoms with van der Waals surface area (Å²) in [6.45, 7) is 0.812. The quantitative estimate of drug-likeness (QED) is 0.366. The number of amides is 1. The molecule has 0 aliphatic heterocycles. The van der Waals surface area contributed by atoms with E-state index in [4.69, 9.17) is 4.74 Å². The fourth-order valence-corrected chi connectivity index (χ4v) is 2.86. The first-order chi connectivity index (χ1) is 14.6. The molecule has 0 atom stereocenters. The van der Waals surface area contributed by atoms with Crippen LogP contribution in [0.4, 0.5) is 24.5 Å². The molecule has 0 spiro atoms. The van der Waals surface area contributed by atoms with E-state index in [0.29, 0.717) is 22.7 Å². The number of carbonyl (C=O) groups is 2. The maximum absolute atomic E-state index is 13.2. The van der Waals surface area contributed by atoms with E-state index in [1.54, 1.807) is 31.2 Å². The molecular weight excluding hydrogens is 419 g/mol. The standard InChI is InChI=1S/C20H14F3N3O5/c1-11-8-14(13-4-2-3-5-16(13)24-11)19(28)31-10-18(27)25-17-7-6-12(26(29)30)9-15(17)20(21,22)23/h2-9H,10H2,1H3,(H,25,27). The van der Waals surface area contributed by atoms with Gasteiger partial charge < -0.3 is 10.1 Å². The number of esters is 1. The molecule has 0 saturated carbocycles. The highest BCUT2D eigenvalue weighted by molar-refractivity contribution is 6.04. The highest BCUT2D eigenvalue weighted by Gasteiger charge is 2.35. The van der Waals surface area contributed by atoms with Crippen LogP contribution in [0.5, 0.6) is 0 Å². The van der Waals surface area contributed by atoms with Crippen molar-refractivity contribution in [1.82, 2.24) is 4.98 Å². The number of benzene rings is 2. The molecule has 0 fully saturated rings. The second-order valence-electron chi connectivity index (χ2n) is 6.44. The number of fused-ring (bicyclic) bond motifs is 1. The predicted molar refractivity (Wildman–Crippen MR) is 103 cm³/mol. The number of aryl methyl sites for hydroxylation is 1. The van der Waals surface area contributed by atoms with Gasteiger partial charge in [0, 0.05) is 23.2 Å². The lowest BCUT2D eigenvalue weighted by Crippen LogP contribution is -2.23. The minimum Gasteiger partial charge on any atom is -0.452 e. The van der Waals surface area contributed by atoms with Crippen molar-refractivity contribution in [3.05, 3.63) is 75.5 Å². The van der Waals surface area contributed by atoms with Crippen LogP contribution in [0.25, 0.3) is 10.9 Å². The van der Waals surface area contributed by atoms with E-state index in [2.05, 4.69) is 4.98 Å². The third kappa shape index (κ3) is 4.94. The SMILES string of the molecule is Cc1cc(C(=O)OCC(=O)Nc2ccc([N+](=O)[O-])cc2C(F)(F)F)c2ccccc2n1. The molecule has 160 valence electrons. The number of nitrogens with zero attached hydrogens (tertiary/aromatic N) is 2. The molecule has 8 nitrogen and oxygen atoms in total. The molecule has 2 aromatic carbocycles. The Morgan fingerprint density at radius 2 is 1.87 bits per heavy atom. The molecule has 0 unspecified atom stereocenters. The molecule has 1 N–H and O–H groups in total. The molecule has 0 aliphatic rings. The summed E-state index contributed by atoms with van der Waals surface area (Å²) in [7, 11) is 0. The highest BCUT2D eigenvalue weighted by atomic mass is 19.4. The zero-order valence-electron chi connectivity index (χ0n) is 15.9. The van der Waals surface area contributed by atoms with Crippen molar-refractivity contribution in [2.45, 2.75) is 13.1 Å². The van der Waals surface area contributed by atoms with Gasteiger partial charge in [-0.05, 0) is 25.1 Å². The summed E-state index contributed by atoms with van der Waals surface area (Å²) >= 11 is 0. The lowest BCUT2D eigenvalue weighted by molar-refractivity contribution is -0.385. The van der Waals surface area contributed by atoms with Gasteiger partial charge in [-0.15, -0.1) is 0 Å². The molecule has 0 saturated heterocycles. The van der Waals surface area contributed by atoms with E-state index in [1.165, 1.54) is 6.07 Å². The summed E-state index contributed by atoms with van der Waals surface area (Å²) in [5.74, 6) is -1.89. The predicted octanol–water partition coefficient (Wildman–Crippen LogP) is 4.27. The number of halogens is 3. The first kappa shape index (κ1) is 21.7. The van der Waals surface area contributed by atoms with Gasteiger partial charge in [0.15, 0.2) is 6.61 Å². The van der Waals surface area contributed by atoms with Gasteiger partial charge in [-0.25, -0.2) is 4.79 Å². The van der Waals surface area contributed by atoms with Crippen LogP contribution >= 0.6 is 0 Å². The fraction of sp³-hybridized carbons (Fsp3) is 0.150. The Morgan fingerprint density at radius 3 is 2.55 bits per heavy atom. The van der Waals surface area contributed by atoms with Crippen LogP contribution in [0.3, 0.4) is 0 Å². The largest absolute Gasteiger partial charge is 0.452 e. The Kier molecular flexibility index (Phi) is 5.86. The minimum atomic E-state index is -4.95. The molecule has 3 rings (SSSR count). The van der Waals surface area contributed by atoms with Crippen molar-refractivity contribution in [2.75, 3.05) is 11.9 Å². The van der Waals surface area contributed by atoms with E-state index in [0.717, 1.165) is 12.1 Å². The zero-order chi connectivity index (χ0) is 22.8. The minimum absolute atomic E-state index is 0.155. The summed E-state index contributed by atoms with van der Waals surface area (Å²) in [5, 5.41) is 13.2. The van der Waals surface area contributed by atoms with E-state index in [9.17, 15) is 32.9 Å². The number of para-hydroxylation sites is 1. The molecule has 0 bridgehead atoms. The van der Waals surface area contributed by atoms with Gasteiger partial charge in [0.25, 0.3) is 11.6 Å². The lowest BCUT2D eigenvalue weighted by Gasteiger charge is -2.14. The van der Waals surface area contributed by atoms with Gasteiger partial charge in [-0.1, -0.05) is 18.2 Å². The van der Waals surface area contributed by atoms with Gasteiger partial charge in [0.2, 0.25) is 0 Å². The van der Waals surface area contributed by atoms with Crippen LogP contribution in [0.1, 0.15) is 21.6 Å². The second-order valence-corrected chi connectivity index (χ2v) is 6.44. The molecule has 3 aromatic rings. The van der Waals surface area contributed by atoms with Gasteiger partial charge in [-0.3, -0.25) is 19.9 Å². The lowest BCUT2D eigenvalue weighted by atomic mass is 10.1. The number of anilines is 1. The monoisotopic (exact) mass is 433 g/mol. The number of rotatable bonds is 5. The maximum Gasteiger partial charge on any atom is 0.418 e. The number of nitrogens with one attached hydrogen (secondary N) is 1. The summed E-state index contributed by atoms with van der Waals surface area (Å²) in [5.41, 5.74) is -1.63. The summed E-state index contributed by atoms with van der Waals surface area (Å²) in [6, 6.07) is 10.1. The molecule has 31 heavy (non-hydrogen) atoms. The fourth-order valence-electron chi connectivity index (χ4n) is 2.86. The Morgan fingerprint density at radius 1 is 1.16 bits per heavy atom. The molecule has 1 heterocycles. The average molecular weight is 433 g/mol. The number of alkyl halides is 3. The number of nitro groups is 1. The topological polar surface area (TPSA) is 111 Å². The summed E-state index contributed by atoms with van der Waals surface area (Å²) in [6.07, 6.45) is -4.95. The third-order valence-corrected chi connectivity index (χ3v) is 4.19. The van der Waals surface area contributed by atoms with Crippen molar-refractivity contribution in [2.24, 2.45) is 0 Å². The van der Waals surface area contributed by atoms with Crippen LogP contribution in [0, 0.1) is 17.0 Å². The van der Waals surface area contributed by atoms with Crippen LogP contribution in [0.2, 0.25) is 0 Å². The Balaban J connectivity index is 1.75. The Hall–Kier alpha value is -4.02. The van der Waals surface area contributed by atoms with Crippen molar-refractivity contribution < 1.29 is 32.4 Å². The van der Waals surface area contributed by atoms with Gasteiger partial charge in [0.05, 0.1) is 27.3 Å². The summed E-state index contributed by atoms with van der Waals surface area (Å²) < 4.78 is 44.5. The van der Waals surface area contributed by atoms with E-state index in [-0.39, 0.29) is 5.56 Å². The van der Waals surface area contributed by atoms with E-state index in [1.807, 2.05) is 5.32 Å². The molecule has 1 aromatic heterocycles. The van der Waals surface area contributed by atoms with Crippen molar-refractivity contribution in [1.29, 1.82) is 0 Å². The van der Waals surface area contributed by atoms with Crippen LogP contribution in [0.15, 0.2) is 48.5 Å². The van der Waals surface area contributed by atoms with E-state index < -0.39 is 46.5 Å². The second kappa shape index (κ2) is 8.38. The van der Waals surface area contributed by atoms with Gasteiger partial charge in [0.1, 0.15) is 0 Å². The Labute approximate surface area is 172 Å². The highest BCUT2D eigenvalue weighted by Crippen LogP contribution is 2.37. The van der Waals surface area contributed by atoms with Crippen molar-refractivity contribution in [3.8, 4) is 0 Å². The first-order valence-electron chi connectivity index (χ1n) is 8.75. The number of pyridine rings is 1. The number of hydrogen-bond donors (Lipinski definition) is 1. The molecule has 1 amide bonds. The van der Waals surface area contributed by atoms with Gasteiger partial charge >= 0.3 is 12.1 Å². The molecule has 0 radical (unpaired) electrons. The Bertz CT molecular complexity index is 1190. The average Bonchev–Trinajstić information content (AvgIpc) is 2.70. The normalized spacial score (nSPS) is 11.2. The number of aromatic nitrogens is 1. The summed E-state index contributed by atoms with van der Waals surface area (Å²) in [4.78, 5) is 38.5. The first-order valence-corrected chi connectivity index (χ1v) is 8.75. The van der Waals surface area contributed by atoms with Crippen LogP contribution < -0.4 is 5.32 Å². The van der Waals surface area contributed by atoms with E-state index >= 15 is 0 Å². The van der Waals surface area contributed by atoms with Crippen molar-refractivity contribution >= 4 is 34.2 Å². The van der Waals surface area contributed by atoms with Crippen LogP contribution in [-0.4, -0.2) is 28.4 Å². The molecule has 0 aliphatic carbocycles. The zero-order valence-corrected chi connectivity index (χ0v) is 15.9. The number of hydrogen-bond acceptors (Lipinski definition) is 6. The number of carbonyl (C=O) groups excluding carboxylic acids is 2. The maximum atomic E-state index is 13.2. The molecular formula is C20H14F3N3O5. The van der Waals surface area contributed by atoms with Crippen LogP contribution in [-0.2, 0) is 15.7 Å². The number of nitro benzene ring substituents is 1. The third-order valence-electron chi connectivity index (χ3n) is 4.19. The van der Waals surface area contributed by atoms with Gasteiger partial charge in [-0.2, -0.15) is 13.2 Å². The molecule has 11 heteroatoms. The van der Waals surface area contributed by atoms with Crippen molar-refractivity contribution in [3.63, 3.8) is 0 Å². The number of non-ortho nitro benzene ring substituents is 1. The smallest absolute Gasteiger partial charge is 0.418 e.